The minimum atomic E-state index is -0.649. The molecule has 0 radical (unpaired) electrons. The van der Waals surface area contributed by atoms with Crippen LogP contribution in [0.1, 0.15) is 259 Å². The highest BCUT2D eigenvalue weighted by atomic mass is 16.6. The van der Waals surface area contributed by atoms with Gasteiger partial charge in [-0.15, -0.1) is 0 Å². The van der Waals surface area contributed by atoms with Gasteiger partial charge in [0.15, 0.2) is 0 Å². The van der Waals surface area contributed by atoms with Gasteiger partial charge in [-0.05, 0) is 58.4 Å². The zero-order valence-electron chi connectivity index (χ0n) is 50.4. The number of amides is 1. The first-order valence-electron chi connectivity index (χ1n) is 31.5. The molecular weight excluding hydrogens is 1010 g/mol. The normalized spacial score (nSPS) is 14.5. The Labute approximate surface area is 477 Å². The summed E-state index contributed by atoms with van der Waals surface area (Å²) in [5.74, 6) is -4.00. The van der Waals surface area contributed by atoms with Gasteiger partial charge in [0.25, 0.3) is 0 Å². The number of aliphatic hydroxyl groups is 1. The van der Waals surface area contributed by atoms with Gasteiger partial charge in [-0.2, -0.15) is 0 Å². The molecule has 17 nitrogen and oxygen atoms in total. The highest BCUT2D eigenvalue weighted by Crippen LogP contribution is 2.26. The van der Waals surface area contributed by atoms with E-state index >= 15 is 0 Å². The van der Waals surface area contributed by atoms with E-state index in [9.17, 15) is 38.7 Å². The average molecular weight is 1130 g/mol. The van der Waals surface area contributed by atoms with Crippen LogP contribution >= 0.6 is 0 Å². The molecule has 0 aromatic rings. The largest absolute Gasteiger partial charge is 0.465 e. The number of carbonyl (C=O) groups excluding carboxylic acids is 7. The van der Waals surface area contributed by atoms with Gasteiger partial charge in [0.2, 0.25) is 0 Å². The third-order valence-electron chi connectivity index (χ3n) is 14.6. The monoisotopic (exact) mass is 1120 g/mol. The number of rotatable bonds is 51. The van der Waals surface area contributed by atoms with Gasteiger partial charge in [0.1, 0.15) is 13.2 Å². The van der Waals surface area contributed by atoms with Crippen molar-refractivity contribution in [2.75, 3.05) is 73.0 Å². The van der Waals surface area contributed by atoms with Crippen LogP contribution in [-0.4, -0.2) is 142 Å². The van der Waals surface area contributed by atoms with Crippen molar-refractivity contribution >= 4 is 41.9 Å². The summed E-state index contributed by atoms with van der Waals surface area (Å²) in [6.07, 6.45) is 27.9. The molecule has 0 aromatic heterocycles. The molecule has 17 heteroatoms. The highest BCUT2D eigenvalue weighted by molar-refractivity contribution is 5.73. The number of nitrogens with zero attached hydrogens (tertiary/aromatic N) is 2. The van der Waals surface area contributed by atoms with Crippen molar-refractivity contribution in [3.63, 3.8) is 0 Å². The van der Waals surface area contributed by atoms with Crippen LogP contribution in [0.25, 0.3) is 0 Å². The first kappa shape index (κ1) is 73.0. The molecule has 0 spiro atoms. The summed E-state index contributed by atoms with van der Waals surface area (Å²) in [6.45, 7) is 9.26. The molecule has 1 rings (SSSR count). The van der Waals surface area contributed by atoms with E-state index in [1.165, 1.54) is 4.90 Å². The van der Waals surface area contributed by atoms with E-state index in [0.717, 1.165) is 128 Å². The molecule has 1 fully saturated rings. The summed E-state index contributed by atoms with van der Waals surface area (Å²) in [4.78, 5) is 96.3. The molecule has 2 atom stereocenters. The Morgan fingerprint density at radius 3 is 1.06 bits per heavy atom. The zero-order chi connectivity index (χ0) is 58.0. The minimum absolute atomic E-state index is 0.0760. The topological polar surface area (TPSA) is 211 Å². The quantitative estimate of drug-likeness (QED) is 0.0341. The molecule has 1 amide bonds. The molecule has 1 saturated heterocycles. The lowest BCUT2D eigenvalue weighted by molar-refractivity contribution is -0.156. The standard InChI is InChI=1S/C62H112N2O15/c1-6-10-14-18-22-26-36-56(66)74-46-52(47-75-57(67)37-27-23-19-15-11-7-2)44-60(70)78-50-54-34-30-31-35-55(64(54)62(72)73-43-33-41-63(5)40-32-42-65)51-79-61(71)45-53(48-76-58(68)38-28-24-20-16-12-8-3)49-77-59(69)39-29-25-21-17-13-9-4/h52-55,65H,6-51H2,1-5H3/t54-,55+. The molecule has 1 heterocycles. The minimum Gasteiger partial charge on any atom is -0.465 e. The van der Waals surface area contributed by atoms with Gasteiger partial charge in [0, 0.05) is 57.2 Å². The van der Waals surface area contributed by atoms with Crippen LogP contribution in [0.5, 0.6) is 0 Å². The van der Waals surface area contributed by atoms with E-state index in [2.05, 4.69) is 27.7 Å². The lowest BCUT2D eigenvalue weighted by atomic mass is 10.1. The van der Waals surface area contributed by atoms with E-state index in [4.69, 9.17) is 33.2 Å². The highest BCUT2D eigenvalue weighted by Gasteiger charge is 2.36. The molecule has 0 unspecified atom stereocenters. The van der Waals surface area contributed by atoms with Crippen molar-refractivity contribution in [2.45, 2.75) is 271 Å². The maximum Gasteiger partial charge on any atom is 0.410 e. The molecule has 0 aliphatic carbocycles. The van der Waals surface area contributed by atoms with E-state index in [1.54, 1.807) is 0 Å². The predicted octanol–water partition coefficient (Wildman–Crippen LogP) is 12.7. The van der Waals surface area contributed by atoms with E-state index in [1.807, 2.05) is 11.9 Å². The van der Waals surface area contributed by atoms with Crippen LogP contribution in [0, 0.1) is 11.8 Å². The maximum atomic E-state index is 14.2. The lowest BCUT2D eigenvalue weighted by Crippen LogP contribution is -2.50. The summed E-state index contributed by atoms with van der Waals surface area (Å²) in [5.41, 5.74) is 0. The summed E-state index contributed by atoms with van der Waals surface area (Å²) >= 11 is 0. The Bertz CT molecular complexity index is 1420. The number of aliphatic hydroxyl groups excluding tert-OH is 1. The first-order chi connectivity index (χ1) is 38.4. The van der Waals surface area contributed by atoms with Gasteiger partial charge in [0.05, 0.1) is 58.0 Å². The fourth-order valence-electron chi connectivity index (χ4n) is 9.61. The summed E-state index contributed by atoms with van der Waals surface area (Å²) < 4.78 is 40.2. The second-order valence-corrected chi connectivity index (χ2v) is 22.2. The van der Waals surface area contributed by atoms with Crippen molar-refractivity contribution in [1.29, 1.82) is 0 Å². The van der Waals surface area contributed by atoms with Gasteiger partial charge in [-0.3, -0.25) is 33.7 Å². The van der Waals surface area contributed by atoms with Gasteiger partial charge in [-0.1, -0.05) is 169 Å². The smallest absolute Gasteiger partial charge is 0.410 e. The van der Waals surface area contributed by atoms with E-state index in [-0.39, 0.29) is 115 Å². The van der Waals surface area contributed by atoms with Gasteiger partial charge >= 0.3 is 41.9 Å². The number of ether oxygens (including phenoxy) is 7. The fourth-order valence-corrected chi connectivity index (χ4v) is 9.61. The first-order valence-corrected chi connectivity index (χ1v) is 31.5. The second-order valence-electron chi connectivity index (χ2n) is 22.2. The number of hydrogen-bond donors (Lipinski definition) is 1. The number of unbranched alkanes of at least 4 members (excludes halogenated alkanes) is 20. The summed E-state index contributed by atoms with van der Waals surface area (Å²) in [5, 5.41) is 9.27. The molecule has 1 aliphatic heterocycles. The van der Waals surface area contributed by atoms with Crippen LogP contribution in [0.3, 0.4) is 0 Å². The van der Waals surface area contributed by atoms with E-state index in [0.29, 0.717) is 77.3 Å². The number of hydrogen-bond acceptors (Lipinski definition) is 16. The Morgan fingerprint density at radius 2 is 0.734 bits per heavy atom. The van der Waals surface area contributed by atoms with Crippen LogP contribution in [0.15, 0.2) is 0 Å². The summed E-state index contributed by atoms with van der Waals surface area (Å²) in [6, 6.07) is -1.27. The Morgan fingerprint density at radius 1 is 0.418 bits per heavy atom. The molecule has 0 bridgehead atoms. The van der Waals surface area contributed by atoms with Gasteiger partial charge in [-0.25, -0.2) is 4.79 Å². The van der Waals surface area contributed by atoms with Crippen LogP contribution in [-0.2, 0) is 61.9 Å². The third-order valence-corrected chi connectivity index (χ3v) is 14.6. The fraction of sp³-hybridized carbons (Fsp3) is 0.887. The Kier molecular flexibility index (Phi) is 47.1. The zero-order valence-corrected chi connectivity index (χ0v) is 50.4. The second kappa shape index (κ2) is 50.9. The molecule has 1 aliphatic rings. The van der Waals surface area contributed by atoms with Crippen molar-refractivity contribution in [3.05, 3.63) is 0 Å². The lowest BCUT2D eigenvalue weighted by Gasteiger charge is -2.35. The van der Waals surface area contributed by atoms with Crippen molar-refractivity contribution < 1.29 is 71.8 Å². The average Bonchev–Trinajstić information content (AvgIpc) is 3.65. The summed E-state index contributed by atoms with van der Waals surface area (Å²) in [7, 11) is 1.93. The maximum absolute atomic E-state index is 14.2. The molecule has 0 aromatic carbocycles. The molecular formula is C62H112N2O15. The van der Waals surface area contributed by atoms with Gasteiger partial charge < -0.3 is 43.2 Å². The number of esters is 6. The van der Waals surface area contributed by atoms with Crippen LogP contribution in [0.4, 0.5) is 4.79 Å². The van der Waals surface area contributed by atoms with Crippen molar-refractivity contribution in [1.82, 2.24) is 9.80 Å². The Balaban J connectivity index is 3.19. The SMILES string of the molecule is CCCCCCCCC(=O)OCC(COC(=O)CCCCCCCC)CC(=O)OC[C@H]1CCCC[C@@H](COC(=O)CC(COC(=O)CCCCCCCC)COC(=O)CCCCCCCC)N1C(=O)OCCCN(C)CCCO. The third kappa shape index (κ3) is 41.6. The molecule has 460 valence electrons. The van der Waals surface area contributed by atoms with Crippen molar-refractivity contribution in [3.8, 4) is 0 Å². The number of likely N-dealkylation sites (tertiary alicyclic amines) is 1. The number of carbonyl (C=O) groups is 7. The van der Waals surface area contributed by atoms with Crippen molar-refractivity contribution in [2.24, 2.45) is 11.8 Å². The van der Waals surface area contributed by atoms with E-state index < -0.39 is 42.0 Å². The Hall–Kier alpha value is -3.99. The van der Waals surface area contributed by atoms with Crippen LogP contribution < -0.4 is 0 Å². The molecule has 1 N–H and O–H groups in total. The predicted molar refractivity (Wildman–Crippen MR) is 307 cm³/mol. The molecule has 79 heavy (non-hydrogen) atoms. The molecule has 0 saturated carbocycles. The van der Waals surface area contributed by atoms with Crippen LogP contribution in [0.2, 0.25) is 0 Å².